The van der Waals surface area contributed by atoms with E-state index in [9.17, 15) is 19.2 Å². The molecule has 0 spiro atoms. The summed E-state index contributed by atoms with van der Waals surface area (Å²) >= 11 is 9.40. The molecule has 11 heteroatoms. The molecule has 7 atom stereocenters. The average molecular weight is 694 g/mol. The summed E-state index contributed by atoms with van der Waals surface area (Å²) in [6, 6.07) is 28.2. The van der Waals surface area contributed by atoms with Gasteiger partial charge in [-0.1, -0.05) is 71.5 Å². The number of H-pyrrole nitrogens is 1. The number of aromatic amines is 1. The van der Waals surface area contributed by atoms with Gasteiger partial charge in [0.05, 0.1) is 22.5 Å². The number of para-hydroxylation sites is 1. The maximum absolute atomic E-state index is 14.0. The molecule has 240 valence electrons. The number of carbonyl (C=O) groups excluding carboxylic acids is 3. The zero-order valence-corrected chi connectivity index (χ0v) is 27.7. The standard InChI is InChI=1S/C37H28ClN3O5S2/c38-20-11-13-26(46-17-27(42)39-21-12-10-18-6-4-5-7-19(18)14-21)23(15-20)28-29-24-16-25(32(29)47-34-33(28)48-37(45)40-34)31-30(24)35(43)41(36(31)44)22-8-2-1-3-9-22/h1-15,24-25,28-32H,16-17H2,(H,39,42)(H,40,45)/t24-,25-,28+,29-,30+,31+,32-/m1/s1. The molecule has 2 bridgehead atoms. The van der Waals surface area contributed by atoms with Crippen LogP contribution in [0, 0.1) is 29.6 Å². The number of imide groups is 1. The fourth-order valence-corrected chi connectivity index (χ4v) is 11.8. The number of aromatic nitrogens is 1. The van der Waals surface area contributed by atoms with Gasteiger partial charge in [0.2, 0.25) is 11.8 Å². The second-order valence-electron chi connectivity index (χ2n) is 12.9. The van der Waals surface area contributed by atoms with E-state index in [4.69, 9.17) is 16.3 Å². The molecule has 2 aliphatic carbocycles. The lowest BCUT2D eigenvalue weighted by Crippen LogP contribution is -2.42. The molecule has 0 unspecified atom stereocenters. The van der Waals surface area contributed by atoms with E-state index < -0.39 is 11.8 Å². The lowest BCUT2D eigenvalue weighted by molar-refractivity contribution is -0.123. The molecule has 9 rings (SSSR count). The van der Waals surface area contributed by atoms with Crippen LogP contribution in [0.5, 0.6) is 5.75 Å². The van der Waals surface area contributed by atoms with Gasteiger partial charge >= 0.3 is 4.87 Å². The first-order chi connectivity index (χ1) is 23.4. The van der Waals surface area contributed by atoms with Crippen LogP contribution in [0.3, 0.4) is 0 Å². The number of thiazole rings is 1. The molecule has 4 aliphatic rings. The van der Waals surface area contributed by atoms with Crippen molar-refractivity contribution in [2.24, 2.45) is 29.6 Å². The second kappa shape index (κ2) is 11.4. The van der Waals surface area contributed by atoms with Crippen molar-refractivity contribution in [3.05, 3.63) is 116 Å². The number of thioether (sulfide) groups is 1. The minimum absolute atomic E-state index is 0.00880. The van der Waals surface area contributed by atoms with Crippen molar-refractivity contribution in [3.8, 4) is 5.75 Å². The molecule has 3 heterocycles. The highest BCUT2D eigenvalue weighted by molar-refractivity contribution is 8.00. The van der Waals surface area contributed by atoms with Crippen molar-refractivity contribution in [3.63, 3.8) is 0 Å². The Balaban J connectivity index is 1.04. The Morgan fingerprint density at radius 1 is 0.896 bits per heavy atom. The lowest BCUT2D eigenvalue weighted by atomic mass is 9.68. The van der Waals surface area contributed by atoms with E-state index in [1.54, 1.807) is 36.0 Å². The molecule has 3 fully saturated rings. The van der Waals surface area contributed by atoms with Crippen LogP contribution in [-0.2, 0) is 14.4 Å². The van der Waals surface area contributed by atoms with E-state index in [0.717, 1.165) is 44.0 Å². The van der Waals surface area contributed by atoms with Crippen LogP contribution >= 0.6 is 34.7 Å². The number of nitrogens with one attached hydrogen (secondary N) is 2. The van der Waals surface area contributed by atoms with Gasteiger partial charge < -0.3 is 15.0 Å². The van der Waals surface area contributed by atoms with Crippen LogP contribution in [-0.4, -0.2) is 34.6 Å². The van der Waals surface area contributed by atoms with Gasteiger partial charge in [-0.2, -0.15) is 0 Å². The van der Waals surface area contributed by atoms with Gasteiger partial charge in [-0.25, -0.2) is 0 Å². The summed E-state index contributed by atoms with van der Waals surface area (Å²) in [6.45, 7) is -0.233. The molecule has 8 nitrogen and oxygen atoms in total. The quantitative estimate of drug-likeness (QED) is 0.187. The van der Waals surface area contributed by atoms with E-state index >= 15 is 0 Å². The van der Waals surface area contributed by atoms with Crippen molar-refractivity contribution in [1.29, 1.82) is 0 Å². The number of ether oxygens (including phenoxy) is 1. The number of anilines is 2. The lowest BCUT2D eigenvalue weighted by Gasteiger charge is -2.43. The van der Waals surface area contributed by atoms with E-state index in [0.29, 0.717) is 22.1 Å². The first kappa shape index (κ1) is 29.7. The number of amides is 3. The van der Waals surface area contributed by atoms with Crippen LogP contribution in [0.25, 0.3) is 10.8 Å². The van der Waals surface area contributed by atoms with Gasteiger partial charge in [0.15, 0.2) is 6.61 Å². The Bertz CT molecular complexity index is 2200. The van der Waals surface area contributed by atoms with E-state index in [2.05, 4.69) is 10.3 Å². The fraction of sp³-hybridized carbons (Fsp3) is 0.243. The summed E-state index contributed by atoms with van der Waals surface area (Å²) < 4.78 is 6.23. The van der Waals surface area contributed by atoms with Gasteiger partial charge in [-0.15, -0.1) is 11.8 Å². The van der Waals surface area contributed by atoms with Crippen LogP contribution < -0.4 is 19.8 Å². The smallest absolute Gasteiger partial charge is 0.305 e. The van der Waals surface area contributed by atoms with Crippen LogP contribution in [0.1, 0.15) is 22.8 Å². The minimum atomic E-state index is -0.430. The van der Waals surface area contributed by atoms with E-state index in [1.807, 2.05) is 66.7 Å². The van der Waals surface area contributed by atoms with E-state index in [-0.39, 0.29) is 58.1 Å². The third-order valence-corrected chi connectivity index (χ3v) is 13.3. The maximum atomic E-state index is 14.0. The number of fused-ring (bicyclic) bond motifs is 10. The summed E-state index contributed by atoms with van der Waals surface area (Å²) in [5.41, 5.74) is 2.04. The molecule has 2 N–H and O–H groups in total. The first-order valence-electron chi connectivity index (χ1n) is 15.9. The minimum Gasteiger partial charge on any atom is -0.483 e. The molecule has 5 aromatic rings. The number of hydrogen-bond acceptors (Lipinski definition) is 7. The Labute approximate surface area is 288 Å². The number of benzene rings is 4. The van der Waals surface area contributed by atoms with Crippen molar-refractivity contribution in [2.45, 2.75) is 22.6 Å². The summed E-state index contributed by atoms with van der Waals surface area (Å²) in [6.07, 6.45) is 0.762. The molecule has 0 radical (unpaired) electrons. The van der Waals surface area contributed by atoms with Crippen molar-refractivity contribution in [2.75, 3.05) is 16.8 Å². The molecule has 3 amide bonds. The van der Waals surface area contributed by atoms with Crippen LogP contribution in [0.4, 0.5) is 11.4 Å². The molecule has 48 heavy (non-hydrogen) atoms. The highest BCUT2D eigenvalue weighted by atomic mass is 35.5. The molecule has 4 aromatic carbocycles. The Hall–Kier alpha value is -4.38. The van der Waals surface area contributed by atoms with Crippen LogP contribution in [0.2, 0.25) is 5.02 Å². The highest BCUT2D eigenvalue weighted by Crippen LogP contribution is 2.69. The number of carbonyl (C=O) groups is 3. The number of rotatable bonds is 6. The first-order valence-corrected chi connectivity index (χ1v) is 18.0. The largest absolute Gasteiger partial charge is 0.483 e. The van der Waals surface area contributed by atoms with Gasteiger partial charge in [0.25, 0.3) is 5.91 Å². The number of halogens is 1. The summed E-state index contributed by atoms with van der Waals surface area (Å²) in [5.74, 6) is -1.35. The fourth-order valence-electron chi connectivity index (χ4n) is 8.70. The van der Waals surface area contributed by atoms with Gasteiger partial charge in [-0.05, 0) is 77.4 Å². The SMILES string of the molecule is O=C(COc1ccc(Cl)cc1[C@@H]1c2sc(=O)[nH]c2S[C@@H]2[C@@H]3C[C@@H]([C@@H]4C(=O)N(c5ccccc5)C(=O)[C@@H]34)[C@H]12)Nc1ccc2ccccc2c1. The monoisotopic (exact) mass is 693 g/mol. The number of nitrogens with zero attached hydrogens (tertiary/aromatic N) is 1. The predicted molar refractivity (Wildman–Crippen MR) is 187 cm³/mol. The zero-order valence-electron chi connectivity index (χ0n) is 25.3. The summed E-state index contributed by atoms with van der Waals surface area (Å²) in [7, 11) is 0. The van der Waals surface area contributed by atoms with Gasteiger partial charge in [-0.3, -0.25) is 24.1 Å². The molecule has 2 saturated carbocycles. The Morgan fingerprint density at radius 2 is 1.65 bits per heavy atom. The topological polar surface area (TPSA) is 109 Å². The third kappa shape index (κ3) is 4.64. The van der Waals surface area contributed by atoms with Crippen LogP contribution in [0.15, 0.2) is 101 Å². The number of hydrogen-bond donors (Lipinski definition) is 2. The molecular formula is C37H28ClN3O5S2. The van der Waals surface area contributed by atoms with E-state index in [1.165, 1.54) is 4.90 Å². The highest BCUT2D eigenvalue weighted by Gasteiger charge is 2.69. The van der Waals surface area contributed by atoms with Crippen molar-refractivity contribution < 1.29 is 19.1 Å². The van der Waals surface area contributed by atoms with Crippen molar-refractivity contribution in [1.82, 2.24) is 4.98 Å². The molecule has 2 aliphatic heterocycles. The Kier molecular flexibility index (Phi) is 7.04. The molecular weight excluding hydrogens is 666 g/mol. The zero-order chi connectivity index (χ0) is 32.7. The second-order valence-corrected chi connectivity index (χ2v) is 15.5. The average Bonchev–Trinajstić information content (AvgIpc) is 3.83. The predicted octanol–water partition coefficient (Wildman–Crippen LogP) is 6.94. The summed E-state index contributed by atoms with van der Waals surface area (Å²) in [5, 5.41) is 6.33. The summed E-state index contributed by atoms with van der Waals surface area (Å²) in [4.78, 5) is 58.9. The Morgan fingerprint density at radius 3 is 2.46 bits per heavy atom. The molecule has 1 aromatic heterocycles. The third-order valence-electron chi connectivity index (χ3n) is 10.4. The van der Waals surface area contributed by atoms with Gasteiger partial charge in [0, 0.05) is 32.3 Å². The normalized spacial score (nSPS) is 26.8. The molecule has 1 saturated heterocycles. The maximum Gasteiger partial charge on any atom is 0.305 e. The van der Waals surface area contributed by atoms with Gasteiger partial charge in [0.1, 0.15) is 5.75 Å². The van der Waals surface area contributed by atoms with Crippen molar-refractivity contribution >= 4 is 74.6 Å².